The van der Waals surface area contributed by atoms with Crippen LogP contribution in [0.4, 0.5) is 0 Å². The monoisotopic (exact) mass is 585 g/mol. The van der Waals surface area contributed by atoms with Crippen LogP contribution in [0, 0.1) is 0 Å². The second kappa shape index (κ2) is 9.81. The van der Waals surface area contributed by atoms with E-state index in [1.54, 1.807) is 0 Å². The number of hydrogen-bond donors (Lipinski definition) is 0. The molecule has 5 rings (SSSR count). The van der Waals surface area contributed by atoms with Crippen molar-refractivity contribution in [1.82, 2.24) is 4.98 Å². The first-order valence-corrected chi connectivity index (χ1v) is 14.2. The molecule has 1 aromatic heterocycles. The van der Waals surface area contributed by atoms with E-state index in [1.165, 1.54) is 29.9 Å². The summed E-state index contributed by atoms with van der Waals surface area (Å²) < 4.78 is 5.06. The Balaban J connectivity index is 1.74. The molecular formula is C27H17Cl2NSe2. The maximum absolute atomic E-state index is 6.15. The Kier molecular flexibility index (Phi) is 6.66. The van der Waals surface area contributed by atoms with E-state index < -0.39 is 0 Å². The molecule has 0 aliphatic rings. The van der Waals surface area contributed by atoms with Crippen molar-refractivity contribution in [2.75, 3.05) is 0 Å². The molecule has 0 aliphatic heterocycles. The molecule has 4 aromatic carbocycles. The number of aromatic nitrogens is 1. The molecule has 0 saturated heterocycles. The third kappa shape index (κ3) is 4.80. The standard InChI is InChI=1S/C27H17Cl2NSe2/c28-19-10-14-21(15-11-19)31-26-23-8-4-5-9-24(23)30-27(25(26)18-6-2-1-3-7-18)32-22-16-12-20(29)13-17-22/h1-17H. The topological polar surface area (TPSA) is 12.9 Å². The molecule has 0 spiro atoms. The van der Waals surface area contributed by atoms with Crippen LogP contribution in [0.5, 0.6) is 0 Å². The average Bonchev–Trinajstić information content (AvgIpc) is 2.82. The van der Waals surface area contributed by atoms with Crippen LogP contribution in [-0.4, -0.2) is 34.9 Å². The predicted octanol–water partition coefficient (Wildman–Crippen LogP) is 4.52. The van der Waals surface area contributed by atoms with E-state index in [0.717, 1.165) is 20.2 Å². The van der Waals surface area contributed by atoms with Crippen LogP contribution in [0.1, 0.15) is 0 Å². The number of rotatable bonds is 5. The first-order valence-electron chi connectivity index (χ1n) is 10.0. The van der Waals surface area contributed by atoms with Gasteiger partial charge in [0.25, 0.3) is 0 Å². The van der Waals surface area contributed by atoms with Gasteiger partial charge in [-0.1, -0.05) is 0 Å². The Morgan fingerprint density at radius 2 is 1.12 bits per heavy atom. The van der Waals surface area contributed by atoms with E-state index in [4.69, 9.17) is 28.2 Å². The van der Waals surface area contributed by atoms with Gasteiger partial charge in [-0.05, 0) is 0 Å². The van der Waals surface area contributed by atoms with Crippen molar-refractivity contribution in [1.29, 1.82) is 0 Å². The van der Waals surface area contributed by atoms with Crippen LogP contribution in [0.3, 0.4) is 0 Å². The zero-order valence-electron chi connectivity index (χ0n) is 16.8. The minimum atomic E-state index is 0.0463. The number of nitrogens with zero attached hydrogens (tertiary/aromatic N) is 1. The molecule has 0 fully saturated rings. The molecule has 0 unspecified atom stereocenters. The quantitative estimate of drug-likeness (QED) is 0.277. The zero-order chi connectivity index (χ0) is 21.9. The third-order valence-corrected chi connectivity index (χ3v) is 9.91. The molecule has 1 heterocycles. The molecule has 5 aromatic rings. The normalized spacial score (nSPS) is 11.1. The van der Waals surface area contributed by atoms with Crippen LogP contribution in [0.25, 0.3) is 22.0 Å². The van der Waals surface area contributed by atoms with Crippen LogP contribution in [0.2, 0.25) is 10.0 Å². The van der Waals surface area contributed by atoms with Crippen LogP contribution < -0.4 is 18.0 Å². The summed E-state index contributed by atoms with van der Waals surface area (Å²) in [5.41, 5.74) is 3.51. The summed E-state index contributed by atoms with van der Waals surface area (Å²) in [5.74, 6) is 0. The van der Waals surface area contributed by atoms with E-state index in [-0.39, 0.29) is 29.9 Å². The molecule has 0 saturated carbocycles. The van der Waals surface area contributed by atoms with Gasteiger partial charge < -0.3 is 0 Å². The molecule has 0 aliphatic carbocycles. The summed E-state index contributed by atoms with van der Waals surface area (Å²) in [6.45, 7) is 0. The van der Waals surface area contributed by atoms with Crippen molar-refractivity contribution in [3.8, 4) is 11.1 Å². The van der Waals surface area contributed by atoms with Gasteiger partial charge in [0.15, 0.2) is 0 Å². The Labute approximate surface area is 210 Å². The summed E-state index contributed by atoms with van der Waals surface area (Å²) in [7, 11) is 0. The molecule has 32 heavy (non-hydrogen) atoms. The van der Waals surface area contributed by atoms with Gasteiger partial charge in [0.1, 0.15) is 0 Å². The molecular weight excluding hydrogens is 567 g/mol. The SMILES string of the molecule is Clc1ccc([Se]c2nc3ccccc3c([Se]c3ccc(Cl)cc3)c2-c2ccccc2)cc1. The van der Waals surface area contributed by atoms with E-state index in [2.05, 4.69) is 78.9 Å². The van der Waals surface area contributed by atoms with E-state index >= 15 is 0 Å². The molecule has 0 atom stereocenters. The second-order valence-corrected chi connectivity index (χ2v) is 12.5. The first-order chi connectivity index (χ1) is 15.7. The van der Waals surface area contributed by atoms with Gasteiger partial charge in [-0.25, -0.2) is 0 Å². The summed E-state index contributed by atoms with van der Waals surface area (Å²) in [6.07, 6.45) is 0. The number of pyridine rings is 1. The number of para-hydroxylation sites is 1. The predicted molar refractivity (Wildman–Crippen MR) is 140 cm³/mol. The Morgan fingerprint density at radius 1 is 0.562 bits per heavy atom. The Hall–Kier alpha value is -2.09. The van der Waals surface area contributed by atoms with Crippen molar-refractivity contribution in [2.45, 2.75) is 0 Å². The Bertz CT molecular complexity index is 1370. The van der Waals surface area contributed by atoms with Crippen molar-refractivity contribution in [3.63, 3.8) is 0 Å². The molecule has 0 bridgehead atoms. The van der Waals surface area contributed by atoms with Crippen LogP contribution in [-0.2, 0) is 0 Å². The third-order valence-electron chi connectivity index (χ3n) is 4.94. The van der Waals surface area contributed by atoms with Gasteiger partial charge in [-0.3, -0.25) is 0 Å². The van der Waals surface area contributed by atoms with E-state index in [0.29, 0.717) is 0 Å². The fraction of sp³-hybridized carbons (Fsp3) is 0. The van der Waals surface area contributed by atoms with E-state index in [1.807, 2.05) is 24.3 Å². The number of hydrogen-bond acceptors (Lipinski definition) is 1. The number of benzene rings is 4. The van der Waals surface area contributed by atoms with Gasteiger partial charge in [0.05, 0.1) is 0 Å². The Morgan fingerprint density at radius 3 is 1.78 bits per heavy atom. The molecule has 0 radical (unpaired) electrons. The summed E-state index contributed by atoms with van der Waals surface area (Å²) in [6, 6.07) is 35.5. The number of halogens is 2. The first kappa shape index (κ1) is 21.7. The second-order valence-electron chi connectivity index (χ2n) is 7.12. The molecule has 156 valence electrons. The fourth-order valence-corrected chi connectivity index (χ4v) is 8.35. The molecule has 0 N–H and O–H groups in total. The molecule has 0 amide bonds. The van der Waals surface area contributed by atoms with Crippen molar-refractivity contribution in [3.05, 3.63) is 113 Å². The average molecular weight is 584 g/mol. The van der Waals surface area contributed by atoms with Crippen LogP contribution in [0.15, 0.2) is 103 Å². The summed E-state index contributed by atoms with van der Waals surface area (Å²) in [4.78, 5) is 5.17. The molecule has 1 nitrogen and oxygen atoms in total. The maximum atomic E-state index is 6.15. The molecule has 5 heteroatoms. The van der Waals surface area contributed by atoms with Gasteiger partial charge >= 0.3 is 211 Å². The van der Waals surface area contributed by atoms with Crippen LogP contribution >= 0.6 is 23.2 Å². The summed E-state index contributed by atoms with van der Waals surface area (Å²) in [5, 5.41) is 2.74. The summed E-state index contributed by atoms with van der Waals surface area (Å²) >= 11 is 12.4. The van der Waals surface area contributed by atoms with Gasteiger partial charge in [-0.2, -0.15) is 0 Å². The zero-order valence-corrected chi connectivity index (χ0v) is 21.8. The van der Waals surface area contributed by atoms with Gasteiger partial charge in [0.2, 0.25) is 0 Å². The van der Waals surface area contributed by atoms with Crippen molar-refractivity contribution in [2.24, 2.45) is 0 Å². The van der Waals surface area contributed by atoms with Gasteiger partial charge in [-0.15, -0.1) is 0 Å². The van der Waals surface area contributed by atoms with Crippen molar-refractivity contribution < 1.29 is 0 Å². The minimum absolute atomic E-state index is 0.0463. The fourth-order valence-electron chi connectivity index (χ4n) is 3.43. The van der Waals surface area contributed by atoms with Gasteiger partial charge in [0, 0.05) is 0 Å². The van der Waals surface area contributed by atoms with Crippen molar-refractivity contribution >= 4 is 82.0 Å². The number of fused-ring (bicyclic) bond motifs is 1. The van der Waals surface area contributed by atoms with E-state index in [9.17, 15) is 0 Å².